The third kappa shape index (κ3) is 3.41. The minimum Gasteiger partial charge on any atom is -0.462 e. The smallest absolute Gasteiger partial charge is 0.334 e. The lowest BCUT2D eigenvalue weighted by Gasteiger charge is -2.52. The minimum absolute atomic E-state index is 0.228. The van der Waals surface area contributed by atoms with Gasteiger partial charge in [0.15, 0.2) is 0 Å². The number of fused-ring (bicyclic) bond motifs is 2. The van der Waals surface area contributed by atoms with Crippen LogP contribution in [0.5, 0.6) is 0 Å². The number of esters is 3. The van der Waals surface area contributed by atoms with Gasteiger partial charge in [0.1, 0.15) is 18.3 Å². The van der Waals surface area contributed by atoms with Gasteiger partial charge in [-0.1, -0.05) is 19.6 Å². The number of aliphatic hydroxyl groups excluding tert-OH is 1. The molecule has 0 aromatic carbocycles. The van der Waals surface area contributed by atoms with Crippen molar-refractivity contribution in [2.24, 2.45) is 11.3 Å². The van der Waals surface area contributed by atoms with Crippen molar-refractivity contribution in [1.82, 2.24) is 0 Å². The lowest BCUT2D eigenvalue weighted by Crippen LogP contribution is -2.56. The van der Waals surface area contributed by atoms with Gasteiger partial charge in [-0.2, -0.15) is 0 Å². The molecule has 0 radical (unpaired) electrons. The molecule has 0 bridgehead atoms. The molecule has 7 nitrogen and oxygen atoms in total. The van der Waals surface area contributed by atoms with Crippen molar-refractivity contribution in [2.75, 3.05) is 0 Å². The molecule has 0 unspecified atom stereocenters. The van der Waals surface area contributed by atoms with Crippen molar-refractivity contribution in [1.29, 1.82) is 0 Å². The Morgan fingerprint density at radius 1 is 1.31 bits per heavy atom. The van der Waals surface area contributed by atoms with Gasteiger partial charge in [-0.05, 0) is 38.3 Å². The van der Waals surface area contributed by atoms with Crippen LogP contribution in [0.1, 0.15) is 47.5 Å². The van der Waals surface area contributed by atoms with E-state index in [1.165, 1.54) is 6.92 Å². The largest absolute Gasteiger partial charge is 0.462 e. The van der Waals surface area contributed by atoms with Crippen LogP contribution in [0.2, 0.25) is 0 Å². The summed E-state index contributed by atoms with van der Waals surface area (Å²) >= 11 is 0. The van der Waals surface area contributed by atoms with Gasteiger partial charge in [0.05, 0.1) is 12.0 Å². The van der Waals surface area contributed by atoms with Crippen LogP contribution in [0.15, 0.2) is 34.9 Å². The van der Waals surface area contributed by atoms with Crippen LogP contribution in [0, 0.1) is 11.3 Å². The van der Waals surface area contributed by atoms with Crippen molar-refractivity contribution in [3.05, 3.63) is 34.9 Å². The first-order valence-electron chi connectivity index (χ1n) is 9.81. The molecule has 1 aliphatic heterocycles. The molecule has 0 spiro atoms. The topological polar surface area (TPSA) is 99.1 Å². The number of rotatable bonds is 3. The zero-order chi connectivity index (χ0) is 21.7. The average molecular weight is 404 g/mol. The molecule has 1 heterocycles. The zero-order valence-electron chi connectivity index (χ0n) is 17.5. The molecular weight excluding hydrogens is 376 g/mol. The van der Waals surface area contributed by atoms with Gasteiger partial charge in [-0.3, -0.25) is 4.79 Å². The first-order chi connectivity index (χ1) is 13.5. The van der Waals surface area contributed by atoms with E-state index in [1.807, 2.05) is 6.92 Å². The molecule has 0 amide bonds. The van der Waals surface area contributed by atoms with E-state index in [2.05, 4.69) is 6.58 Å². The van der Waals surface area contributed by atoms with E-state index in [0.29, 0.717) is 23.1 Å². The maximum absolute atomic E-state index is 12.6. The number of allylic oxidation sites excluding steroid dienone is 1. The molecule has 1 saturated heterocycles. The van der Waals surface area contributed by atoms with E-state index in [4.69, 9.17) is 14.2 Å². The second kappa shape index (κ2) is 7.44. The molecular formula is C22H28O7. The molecule has 1 N–H and O–H groups in total. The highest BCUT2D eigenvalue weighted by Crippen LogP contribution is 2.56. The van der Waals surface area contributed by atoms with E-state index >= 15 is 0 Å². The summed E-state index contributed by atoms with van der Waals surface area (Å²) in [5.74, 6) is -2.04. The highest BCUT2D eigenvalue weighted by Gasteiger charge is 2.61. The fourth-order valence-electron chi connectivity index (χ4n) is 4.86. The van der Waals surface area contributed by atoms with E-state index < -0.39 is 53.7 Å². The van der Waals surface area contributed by atoms with Crippen molar-refractivity contribution >= 4 is 17.9 Å². The van der Waals surface area contributed by atoms with Crippen molar-refractivity contribution in [3.63, 3.8) is 0 Å². The predicted octanol–water partition coefficient (Wildman–Crippen LogP) is 2.39. The first kappa shape index (κ1) is 21.3. The maximum atomic E-state index is 12.6. The number of aliphatic hydroxyl groups is 1. The Hall–Kier alpha value is -2.41. The highest BCUT2D eigenvalue weighted by molar-refractivity contribution is 5.92. The quantitative estimate of drug-likeness (QED) is 0.334. The van der Waals surface area contributed by atoms with E-state index in [0.717, 1.165) is 0 Å². The second-order valence-electron chi connectivity index (χ2n) is 8.36. The highest BCUT2D eigenvalue weighted by atomic mass is 16.6. The Morgan fingerprint density at radius 2 is 1.97 bits per heavy atom. The van der Waals surface area contributed by atoms with Crippen LogP contribution >= 0.6 is 0 Å². The van der Waals surface area contributed by atoms with Gasteiger partial charge >= 0.3 is 17.9 Å². The Labute approximate surface area is 170 Å². The molecule has 0 aromatic rings. The van der Waals surface area contributed by atoms with Crippen LogP contribution in [-0.4, -0.2) is 47.4 Å². The summed E-state index contributed by atoms with van der Waals surface area (Å²) in [6.45, 7) is 12.2. The Balaban J connectivity index is 2.14. The standard InChI is InChI=1S/C22H28O7/c1-7-10(2)20(25)29-19-17-12(4)21(26)28-15(17)9-22(6)16(27-13(5)23)8-14(24)11(3)18(19)22/h7,14-17,19,24H,4,8-9H2,1-3,5-6H3/b10-7+/t14-,15+,16-,17+,19-,22+/m0/s1. The van der Waals surface area contributed by atoms with Crippen LogP contribution in [0.25, 0.3) is 0 Å². The van der Waals surface area contributed by atoms with Crippen molar-refractivity contribution in [2.45, 2.75) is 71.9 Å². The van der Waals surface area contributed by atoms with Gasteiger partial charge in [0.2, 0.25) is 0 Å². The van der Waals surface area contributed by atoms with E-state index in [9.17, 15) is 19.5 Å². The molecule has 7 heteroatoms. The van der Waals surface area contributed by atoms with Gasteiger partial charge < -0.3 is 19.3 Å². The summed E-state index contributed by atoms with van der Waals surface area (Å²) in [7, 11) is 0. The van der Waals surface area contributed by atoms with Crippen molar-refractivity contribution < 1.29 is 33.7 Å². The molecule has 29 heavy (non-hydrogen) atoms. The summed E-state index contributed by atoms with van der Waals surface area (Å²) in [5.41, 5.74) is 1.27. The summed E-state index contributed by atoms with van der Waals surface area (Å²) in [5, 5.41) is 10.7. The summed E-state index contributed by atoms with van der Waals surface area (Å²) < 4.78 is 17.0. The summed E-state index contributed by atoms with van der Waals surface area (Å²) in [6, 6.07) is 0. The fraction of sp³-hybridized carbons (Fsp3) is 0.591. The normalized spacial score (nSPS) is 36.9. The molecule has 2 aliphatic carbocycles. The average Bonchev–Trinajstić information content (AvgIpc) is 2.91. The Kier molecular flexibility index (Phi) is 5.47. The van der Waals surface area contributed by atoms with Crippen LogP contribution in [0.3, 0.4) is 0 Å². The Morgan fingerprint density at radius 3 is 2.55 bits per heavy atom. The maximum Gasteiger partial charge on any atom is 0.334 e. The molecule has 2 fully saturated rings. The van der Waals surface area contributed by atoms with Crippen LogP contribution in [-0.2, 0) is 28.6 Å². The second-order valence-corrected chi connectivity index (χ2v) is 8.36. The van der Waals surface area contributed by atoms with Crippen LogP contribution in [0.4, 0.5) is 0 Å². The third-order valence-electron chi connectivity index (χ3n) is 6.54. The van der Waals surface area contributed by atoms with E-state index in [1.54, 1.807) is 26.8 Å². The fourth-order valence-corrected chi connectivity index (χ4v) is 4.86. The number of hydrogen-bond acceptors (Lipinski definition) is 7. The van der Waals surface area contributed by atoms with Gasteiger partial charge in [0, 0.05) is 29.9 Å². The molecule has 3 rings (SSSR count). The lowest BCUT2D eigenvalue weighted by atomic mass is 9.57. The molecule has 3 aliphatic rings. The monoisotopic (exact) mass is 404 g/mol. The summed E-state index contributed by atoms with van der Waals surface area (Å²) in [4.78, 5) is 36.6. The Bertz CT molecular complexity index is 836. The molecule has 0 aromatic heterocycles. The van der Waals surface area contributed by atoms with Crippen molar-refractivity contribution in [3.8, 4) is 0 Å². The number of carbonyl (C=O) groups is 3. The van der Waals surface area contributed by atoms with Gasteiger partial charge in [-0.25, -0.2) is 9.59 Å². The van der Waals surface area contributed by atoms with E-state index in [-0.39, 0.29) is 12.0 Å². The molecule has 158 valence electrons. The first-order valence-corrected chi connectivity index (χ1v) is 9.81. The molecule has 6 atom stereocenters. The van der Waals surface area contributed by atoms with Crippen LogP contribution < -0.4 is 0 Å². The SMILES string of the molecule is C=C1C(=O)O[C@@H]2C[C@@]3(C)C(=C(C)[C@@H](O)C[C@@H]3OC(C)=O)[C@@H](OC(=O)/C(C)=C/C)[C@H]12. The molecule has 1 saturated carbocycles. The predicted molar refractivity (Wildman–Crippen MR) is 103 cm³/mol. The lowest BCUT2D eigenvalue weighted by molar-refractivity contribution is -0.167. The van der Waals surface area contributed by atoms with Gasteiger partial charge in [0.25, 0.3) is 0 Å². The zero-order valence-corrected chi connectivity index (χ0v) is 17.5. The summed E-state index contributed by atoms with van der Waals surface area (Å²) in [6.07, 6.45) is -0.615. The van der Waals surface area contributed by atoms with Gasteiger partial charge in [-0.15, -0.1) is 0 Å². The number of carbonyl (C=O) groups excluding carboxylic acids is 3. The third-order valence-corrected chi connectivity index (χ3v) is 6.54. The number of ether oxygens (including phenoxy) is 3. The number of hydrogen-bond donors (Lipinski definition) is 1. The minimum atomic E-state index is -0.853.